The number of nitrogens with zero attached hydrogens (tertiary/aromatic N) is 2. The lowest BCUT2D eigenvalue weighted by Gasteiger charge is -2.12. The molecule has 0 bridgehead atoms. The zero-order valence-electron chi connectivity index (χ0n) is 13.6. The van der Waals surface area contributed by atoms with Gasteiger partial charge in [0, 0.05) is 13.1 Å². The highest BCUT2D eigenvalue weighted by Gasteiger charge is 2.16. The van der Waals surface area contributed by atoms with Gasteiger partial charge in [0.15, 0.2) is 0 Å². The van der Waals surface area contributed by atoms with Crippen LogP contribution in [0.1, 0.15) is 5.56 Å². The van der Waals surface area contributed by atoms with E-state index < -0.39 is 10.0 Å². The van der Waals surface area contributed by atoms with Gasteiger partial charge in [-0.25, -0.2) is 13.4 Å². The Hall–Kier alpha value is -2.12. The van der Waals surface area contributed by atoms with Crippen molar-refractivity contribution in [2.75, 3.05) is 37.2 Å². The molecule has 0 atom stereocenters. The first-order chi connectivity index (χ1) is 10.9. The highest BCUT2D eigenvalue weighted by atomic mass is 32.2. The van der Waals surface area contributed by atoms with Crippen molar-refractivity contribution in [3.8, 4) is 0 Å². The molecule has 124 valence electrons. The molecule has 0 aliphatic carbocycles. The molecule has 6 nitrogen and oxygen atoms in total. The SMILES string of the molecule is Cc1ccccc1S(=O)(=O)Nc1ccc(NCCN(C)C)cn1. The molecule has 2 N–H and O–H groups in total. The van der Waals surface area contributed by atoms with Crippen LogP contribution < -0.4 is 10.0 Å². The van der Waals surface area contributed by atoms with Gasteiger partial charge in [-0.05, 0) is 44.8 Å². The van der Waals surface area contributed by atoms with E-state index in [-0.39, 0.29) is 4.90 Å². The Bertz CT molecular complexity index is 743. The number of aryl methyl sites for hydroxylation is 1. The molecular weight excluding hydrogens is 312 g/mol. The Morgan fingerprint density at radius 3 is 2.48 bits per heavy atom. The molecule has 0 fully saturated rings. The van der Waals surface area contributed by atoms with E-state index in [9.17, 15) is 8.42 Å². The van der Waals surface area contributed by atoms with Gasteiger partial charge in [-0.1, -0.05) is 18.2 Å². The minimum atomic E-state index is -3.62. The summed E-state index contributed by atoms with van der Waals surface area (Å²) in [6.07, 6.45) is 1.62. The molecule has 7 heteroatoms. The highest BCUT2D eigenvalue weighted by Crippen LogP contribution is 2.18. The molecule has 2 aromatic rings. The summed E-state index contributed by atoms with van der Waals surface area (Å²) in [5.41, 5.74) is 1.55. The Kier molecular flexibility index (Phi) is 5.57. The summed E-state index contributed by atoms with van der Waals surface area (Å²) >= 11 is 0. The molecule has 2 rings (SSSR count). The molecule has 0 amide bonds. The van der Waals surface area contributed by atoms with Crippen LogP contribution in [-0.2, 0) is 10.0 Å². The molecule has 1 aromatic carbocycles. The van der Waals surface area contributed by atoms with E-state index in [1.54, 1.807) is 49.5 Å². The number of rotatable bonds is 7. The Balaban J connectivity index is 2.04. The monoisotopic (exact) mass is 334 g/mol. The van der Waals surface area contributed by atoms with Crippen LogP contribution in [0.5, 0.6) is 0 Å². The molecule has 0 aliphatic heterocycles. The molecule has 0 spiro atoms. The first-order valence-corrected chi connectivity index (χ1v) is 8.80. The van der Waals surface area contributed by atoms with Gasteiger partial charge >= 0.3 is 0 Å². The Morgan fingerprint density at radius 2 is 1.87 bits per heavy atom. The number of anilines is 2. The number of hydrogen-bond donors (Lipinski definition) is 2. The summed E-state index contributed by atoms with van der Waals surface area (Å²) in [6, 6.07) is 10.3. The fraction of sp³-hybridized carbons (Fsp3) is 0.312. The molecule has 0 unspecified atom stereocenters. The Morgan fingerprint density at radius 1 is 1.13 bits per heavy atom. The van der Waals surface area contributed by atoms with E-state index in [0.717, 1.165) is 18.8 Å². The van der Waals surface area contributed by atoms with Crippen LogP contribution in [0, 0.1) is 6.92 Å². The van der Waals surface area contributed by atoms with Gasteiger partial charge < -0.3 is 10.2 Å². The normalized spacial score (nSPS) is 11.5. The van der Waals surface area contributed by atoms with E-state index in [1.165, 1.54) is 0 Å². The van der Waals surface area contributed by atoms with Crippen LogP contribution in [0.3, 0.4) is 0 Å². The molecule has 23 heavy (non-hydrogen) atoms. The fourth-order valence-electron chi connectivity index (χ4n) is 2.03. The van der Waals surface area contributed by atoms with E-state index in [4.69, 9.17) is 0 Å². The standard InChI is InChI=1S/C16H22N4O2S/c1-13-6-4-5-7-15(13)23(21,22)19-16-9-8-14(12-18-16)17-10-11-20(2)3/h4-9,12,17H,10-11H2,1-3H3,(H,18,19). The summed E-state index contributed by atoms with van der Waals surface area (Å²) < 4.78 is 27.3. The third-order valence-corrected chi connectivity index (χ3v) is 4.79. The van der Waals surface area contributed by atoms with Gasteiger partial charge in [-0.2, -0.15) is 0 Å². The maximum Gasteiger partial charge on any atom is 0.263 e. The zero-order valence-corrected chi connectivity index (χ0v) is 14.4. The van der Waals surface area contributed by atoms with E-state index in [2.05, 4.69) is 19.9 Å². The van der Waals surface area contributed by atoms with Crippen molar-refractivity contribution in [3.63, 3.8) is 0 Å². The second-order valence-electron chi connectivity index (χ2n) is 5.53. The van der Waals surface area contributed by atoms with E-state index in [1.807, 2.05) is 14.1 Å². The summed E-state index contributed by atoms with van der Waals surface area (Å²) in [5.74, 6) is 0.298. The van der Waals surface area contributed by atoms with Gasteiger partial charge in [-0.15, -0.1) is 0 Å². The van der Waals surface area contributed by atoms with Gasteiger partial charge in [0.05, 0.1) is 16.8 Å². The summed E-state index contributed by atoms with van der Waals surface area (Å²) in [6.45, 7) is 3.46. The second-order valence-corrected chi connectivity index (χ2v) is 7.18. The number of benzene rings is 1. The molecular formula is C16H22N4O2S. The predicted molar refractivity (Wildman–Crippen MR) is 93.3 cm³/mol. The first-order valence-electron chi connectivity index (χ1n) is 7.31. The van der Waals surface area contributed by atoms with Crippen molar-refractivity contribution >= 4 is 21.5 Å². The van der Waals surface area contributed by atoms with E-state index in [0.29, 0.717) is 11.4 Å². The van der Waals surface area contributed by atoms with E-state index >= 15 is 0 Å². The third kappa shape index (κ3) is 4.94. The van der Waals surface area contributed by atoms with Crippen LogP contribution in [0.25, 0.3) is 0 Å². The van der Waals surface area contributed by atoms with Crippen LogP contribution >= 0.6 is 0 Å². The molecule has 0 saturated heterocycles. The lowest BCUT2D eigenvalue weighted by atomic mass is 10.2. The van der Waals surface area contributed by atoms with Crippen LogP contribution in [-0.4, -0.2) is 45.5 Å². The van der Waals surface area contributed by atoms with Crippen LogP contribution in [0.15, 0.2) is 47.5 Å². The van der Waals surface area contributed by atoms with Crippen molar-refractivity contribution in [2.45, 2.75) is 11.8 Å². The first kappa shape index (κ1) is 17.2. The topological polar surface area (TPSA) is 74.3 Å². The van der Waals surface area contributed by atoms with Gasteiger partial charge in [0.1, 0.15) is 5.82 Å². The van der Waals surface area contributed by atoms with Crippen LogP contribution in [0.2, 0.25) is 0 Å². The lowest BCUT2D eigenvalue weighted by Crippen LogP contribution is -2.20. The number of hydrogen-bond acceptors (Lipinski definition) is 5. The summed E-state index contributed by atoms with van der Waals surface area (Å²) in [4.78, 5) is 6.48. The third-order valence-electron chi connectivity index (χ3n) is 3.27. The van der Waals surface area contributed by atoms with Gasteiger partial charge in [0.2, 0.25) is 0 Å². The highest BCUT2D eigenvalue weighted by molar-refractivity contribution is 7.92. The fourth-order valence-corrected chi connectivity index (χ4v) is 3.29. The Labute approximate surface area is 137 Å². The molecule has 0 radical (unpaired) electrons. The average Bonchev–Trinajstić information content (AvgIpc) is 2.48. The number of sulfonamides is 1. The zero-order chi connectivity index (χ0) is 16.9. The predicted octanol–water partition coefficient (Wildman–Crippen LogP) is 2.16. The number of pyridine rings is 1. The maximum absolute atomic E-state index is 12.4. The molecule has 0 aliphatic rings. The maximum atomic E-state index is 12.4. The minimum Gasteiger partial charge on any atom is -0.383 e. The van der Waals surface area contributed by atoms with Crippen molar-refractivity contribution in [2.24, 2.45) is 0 Å². The number of nitrogens with one attached hydrogen (secondary N) is 2. The van der Waals surface area contributed by atoms with Crippen molar-refractivity contribution in [1.29, 1.82) is 0 Å². The largest absolute Gasteiger partial charge is 0.383 e. The molecule has 1 aromatic heterocycles. The quantitative estimate of drug-likeness (QED) is 0.812. The molecule has 0 saturated carbocycles. The van der Waals surface area contributed by atoms with Crippen LogP contribution in [0.4, 0.5) is 11.5 Å². The van der Waals surface area contributed by atoms with Crippen molar-refractivity contribution < 1.29 is 8.42 Å². The second kappa shape index (κ2) is 7.43. The summed E-state index contributed by atoms with van der Waals surface area (Å²) in [7, 11) is 0.382. The molecule has 1 heterocycles. The summed E-state index contributed by atoms with van der Waals surface area (Å²) in [5, 5.41) is 3.23. The average molecular weight is 334 g/mol. The minimum absolute atomic E-state index is 0.259. The van der Waals surface area contributed by atoms with Gasteiger partial charge in [-0.3, -0.25) is 4.72 Å². The number of likely N-dealkylation sites (N-methyl/N-ethyl adjacent to an activating group) is 1. The van der Waals surface area contributed by atoms with Gasteiger partial charge in [0.25, 0.3) is 10.0 Å². The number of aromatic nitrogens is 1. The van der Waals surface area contributed by atoms with Crippen molar-refractivity contribution in [3.05, 3.63) is 48.2 Å². The smallest absolute Gasteiger partial charge is 0.263 e. The van der Waals surface area contributed by atoms with Crippen molar-refractivity contribution in [1.82, 2.24) is 9.88 Å². The lowest BCUT2D eigenvalue weighted by molar-refractivity contribution is 0.425.